The van der Waals surface area contributed by atoms with Crippen LogP contribution in [0, 0.1) is 6.92 Å². The highest BCUT2D eigenvalue weighted by Crippen LogP contribution is 2.26. The van der Waals surface area contributed by atoms with Crippen molar-refractivity contribution < 1.29 is 9.53 Å². The number of nitrogens with zero attached hydrogens (tertiary/aromatic N) is 6. The van der Waals surface area contributed by atoms with Crippen molar-refractivity contribution in [3.8, 4) is 17.2 Å². The number of carbonyl (C=O) groups is 1. The number of imidazole rings is 1. The minimum Gasteiger partial charge on any atom is -0.378 e. The maximum Gasteiger partial charge on any atom is 0.287 e. The molecule has 1 amide bonds. The van der Waals surface area contributed by atoms with Gasteiger partial charge in [-0.15, -0.1) is 0 Å². The third-order valence-electron chi connectivity index (χ3n) is 5.87. The first-order chi connectivity index (χ1) is 16.1. The number of amides is 1. The lowest BCUT2D eigenvalue weighted by molar-refractivity contribution is 0.0942. The van der Waals surface area contributed by atoms with Crippen molar-refractivity contribution in [2.75, 3.05) is 31.2 Å². The number of H-pyrrole nitrogens is 1. The molecule has 2 fully saturated rings. The van der Waals surface area contributed by atoms with Crippen LogP contribution in [-0.4, -0.2) is 68.0 Å². The van der Waals surface area contributed by atoms with Gasteiger partial charge in [-0.25, -0.2) is 9.67 Å². The van der Waals surface area contributed by atoms with E-state index in [1.165, 1.54) is 5.56 Å². The molecule has 0 bridgehead atoms. The summed E-state index contributed by atoms with van der Waals surface area (Å²) >= 11 is 0. The van der Waals surface area contributed by atoms with Gasteiger partial charge in [0.25, 0.3) is 11.9 Å². The zero-order valence-corrected chi connectivity index (χ0v) is 18.3. The number of rotatable bonds is 5. The van der Waals surface area contributed by atoms with Crippen molar-refractivity contribution in [3.05, 3.63) is 47.9 Å². The Labute approximate surface area is 190 Å². The van der Waals surface area contributed by atoms with Crippen molar-refractivity contribution in [1.82, 2.24) is 35.0 Å². The van der Waals surface area contributed by atoms with Crippen LogP contribution in [0.2, 0.25) is 0 Å². The van der Waals surface area contributed by atoms with Crippen molar-refractivity contribution >= 4 is 22.9 Å². The van der Waals surface area contributed by atoms with E-state index in [0.717, 1.165) is 24.1 Å². The fourth-order valence-corrected chi connectivity index (χ4v) is 3.96. The zero-order chi connectivity index (χ0) is 22.4. The number of ether oxygens (including phenoxy) is 1. The van der Waals surface area contributed by atoms with E-state index in [4.69, 9.17) is 14.8 Å². The van der Waals surface area contributed by atoms with Gasteiger partial charge in [-0.1, -0.05) is 23.8 Å². The highest BCUT2D eigenvalue weighted by Gasteiger charge is 2.27. The minimum absolute atomic E-state index is 0.217. The number of carbonyl (C=O) groups excluding carboxylic acids is 1. The Kier molecular flexibility index (Phi) is 4.79. The maximum absolute atomic E-state index is 12.6. The Hall–Kier alpha value is -3.79. The maximum atomic E-state index is 12.6. The summed E-state index contributed by atoms with van der Waals surface area (Å²) in [5.74, 6) is 1.14. The van der Waals surface area contributed by atoms with Gasteiger partial charge in [0.15, 0.2) is 17.3 Å². The average molecular weight is 444 g/mol. The Bertz CT molecular complexity index is 1330. The van der Waals surface area contributed by atoms with Gasteiger partial charge in [0.1, 0.15) is 5.52 Å². The quantitative estimate of drug-likeness (QED) is 0.485. The predicted octanol–water partition coefficient (Wildman–Crippen LogP) is 2.24. The third-order valence-corrected chi connectivity index (χ3v) is 5.87. The van der Waals surface area contributed by atoms with E-state index in [-0.39, 0.29) is 17.8 Å². The first-order valence-electron chi connectivity index (χ1n) is 11.2. The molecule has 0 radical (unpaired) electrons. The molecule has 10 heteroatoms. The van der Waals surface area contributed by atoms with Gasteiger partial charge >= 0.3 is 0 Å². The number of hydrogen-bond acceptors (Lipinski definition) is 7. The number of benzene rings is 1. The molecule has 2 N–H and O–H groups in total. The van der Waals surface area contributed by atoms with Gasteiger partial charge in [0, 0.05) is 30.9 Å². The van der Waals surface area contributed by atoms with Gasteiger partial charge in [-0.05, 0) is 31.9 Å². The molecule has 1 aliphatic heterocycles. The molecule has 168 valence electrons. The van der Waals surface area contributed by atoms with Gasteiger partial charge < -0.3 is 19.9 Å². The Balaban J connectivity index is 1.42. The lowest BCUT2D eigenvalue weighted by Gasteiger charge is -2.28. The summed E-state index contributed by atoms with van der Waals surface area (Å²) in [6.45, 7) is 4.68. The van der Waals surface area contributed by atoms with E-state index >= 15 is 0 Å². The molecule has 1 saturated carbocycles. The van der Waals surface area contributed by atoms with Crippen LogP contribution in [0.1, 0.15) is 29.0 Å². The van der Waals surface area contributed by atoms with E-state index in [0.29, 0.717) is 49.2 Å². The van der Waals surface area contributed by atoms with Crippen molar-refractivity contribution in [1.29, 1.82) is 0 Å². The molecule has 4 heterocycles. The molecule has 4 aromatic rings. The molecular formula is C23H24N8O2. The van der Waals surface area contributed by atoms with Gasteiger partial charge in [0.2, 0.25) is 0 Å². The normalized spacial score (nSPS) is 16.3. The van der Waals surface area contributed by atoms with E-state index in [1.54, 1.807) is 4.68 Å². The molecule has 0 spiro atoms. The molecule has 6 rings (SSSR count). The molecule has 2 aliphatic rings. The third kappa shape index (κ3) is 3.93. The molecule has 10 nitrogen and oxygen atoms in total. The van der Waals surface area contributed by atoms with E-state index < -0.39 is 0 Å². The van der Waals surface area contributed by atoms with Crippen LogP contribution >= 0.6 is 0 Å². The molecular weight excluding hydrogens is 420 g/mol. The fraction of sp³-hybridized carbons (Fsp3) is 0.348. The van der Waals surface area contributed by atoms with E-state index in [2.05, 4.69) is 44.2 Å². The summed E-state index contributed by atoms with van der Waals surface area (Å²) in [7, 11) is 0. The summed E-state index contributed by atoms with van der Waals surface area (Å²) in [4.78, 5) is 31.8. The average Bonchev–Trinajstić information content (AvgIpc) is 3.33. The summed E-state index contributed by atoms with van der Waals surface area (Å²) in [6, 6.07) is 10.4. The van der Waals surface area contributed by atoms with Gasteiger partial charge in [0.05, 0.1) is 18.9 Å². The smallest absolute Gasteiger partial charge is 0.287 e. The first kappa shape index (κ1) is 19.9. The summed E-state index contributed by atoms with van der Waals surface area (Å²) in [5.41, 5.74) is 4.12. The Morgan fingerprint density at radius 3 is 2.79 bits per heavy atom. The molecule has 1 saturated heterocycles. The van der Waals surface area contributed by atoms with Crippen LogP contribution in [0.5, 0.6) is 0 Å². The lowest BCUT2D eigenvalue weighted by atomic mass is 10.1. The molecule has 3 aromatic heterocycles. The Morgan fingerprint density at radius 2 is 2.00 bits per heavy atom. The van der Waals surface area contributed by atoms with Crippen molar-refractivity contribution in [2.45, 2.75) is 25.8 Å². The largest absolute Gasteiger partial charge is 0.378 e. The highest BCUT2D eigenvalue weighted by atomic mass is 16.5. The van der Waals surface area contributed by atoms with Gasteiger partial charge in [-0.3, -0.25) is 4.79 Å². The van der Waals surface area contributed by atoms with Crippen LogP contribution in [0.25, 0.3) is 28.4 Å². The van der Waals surface area contributed by atoms with Crippen LogP contribution in [0.3, 0.4) is 0 Å². The van der Waals surface area contributed by atoms with E-state index in [1.807, 2.05) is 24.4 Å². The second-order valence-corrected chi connectivity index (χ2v) is 8.49. The lowest BCUT2D eigenvalue weighted by Crippen LogP contribution is -2.37. The van der Waals surface area contributed by atoms with Crippen LogP contribution in [0.15, 0.2) is 36.5 Å². The first-order valence-corrected chi connectivity index (χ1v) is 11.2. The number of anilines is 1. The minimum atomic E-state index is -0.217. The van der Waals surface area contributed by atoms with Crippen LogP contribution < -0.4 is 10.2 Å². The van der Waals surface area contributed by atoms with Gasteiger partial charge in [-0.2, -0.15) is 15.1 Å². The number of aromatic nitrogens is 6. The number of aryl methyl sites for hydroxylation is 1. The topological polar surface area (TPSA) is 114 Å². The summed E-state index contributed by atoms with van der Waals surface area (Å²) < 4.78 is 7.16. The SMILES string of the molecule is Cc1cccc(-c2ccn(-c3nc(N4CCOCC4)c4[nH]c(C(=O)NC5CC5)nc4n3)n2)c1. The monoisotopic (exact) mass is 444 g/mol. The number of hydrogen-bond donors (Lipinski definition) is 2. The predicted molar refractivity (Wildman–Crippen MR) is 122 cm³/mol. The van der Waals surface area contributed by atoms with Crippen LogP contribution in [-0.2, 0) is 4.74 Å². The second-order valence-electron chi connectivity index (χ2n) is 8.49. The molecule has 33 heavy (non-hydrogen) atoms. The van der Waals surface area contributed by atoms with E-state index in [9.17, 15) is 4.79 Å². The molecule has 1 aromatic carbocycles. The summed E-state index contributed by atoms with van der Waals surface area (Å²) in [6.07, 6.45) is 3.87. The number of nitrogens with one attached hydrogen (secondary N) is 2. The highest BCUT2D eigenvalue weighted by molar-refractivity contribution is 5.96. The number of aromatic amines is 1. The summed E-state index contributed by atoms with van der Waals surface area (Å²) in [5, 5.41) is 7.68. The zero-order valence-electron chi connectivity index (χ0n) is 18.3. The molecule has 1 aliphatic carbocycles. The van der Waals surface area contributed by atoms with Crippen molar-refractivity contribution in [2.24, 2.45) is 0 Å². The van der Waals surface area contributed by atoms with Crippen molar-refractivity contribution in [3.63, 3.8) is 0 Å². The molecule has 0 unspecified atom stereocenters. The fourth-order valence-electron chi connectivity index (χ4n) is 3.96. The number of morpholine rings is 1. The second kappa shape index (κ2) is 7.96. The standard InChI is InChI=1S/C23H24N8O2/c1-14-3-2-4-15(13-14)17-7-8-31(29-17)23-27-19-18(21(28-23)30-9-11-33-12-10-30)25-20(26-19)22(32)24-16-5-6-16/h2-4,7-8,13,16H,5-6,9-12H2,1H3,(H,24,32)(H,25,26,27,28). The molecule has 0 atom stereocenters. The Morgan fingerprint density at radius 1 is 1.15 bits per heavy atom. The number of fused-ring (bicyclic) bond motifs is 1. The van der Waals surface area contributed by atoms with Crippen LogP contribution in [0.4, 0.5) is 5.82 Å².